The lowest BCUT2D eigenvalue weighted by Gasteiger charge is -2.49. The van der Waals surface area contributed by atoms with E-state index in [4.69, 9.17) is 39.2 Å². The maximum Gasteiger partial charge on any atom is 0.472 e. The number of carbonyl (C=O) groups excluding carboxylic acids is 1. The summed E-state index contributed by atoms with van der Waals surface area (Å²) in [6.45, 7) is 14.4. The Hall–Kier alpha value is -2.52. The fourth-order valence-corrected chi connectivity index (χ4v) is 13.0. The third-order valence-corrected chi connectivity index (χ3v) is 19.6. The lowest BCUT2D eigenvalue weighted by atomic mass is 9.88. The van der Waals surface area contributed by atoms with Crippen LogP contribution in [0, 0.1) is 5.41 Å². The number of aromatic nitrogens is 6. The van der Waals surface area contributed by atoms with Crippen molar-refractivity contribution in [1.82, 2.24) is 29.1 Å². The molecule has 2 saturated heterocycles. The number of rotatable bonds is 17. The molecule has 2 aliphatic rings. The van der Waals surface area contributed by atoms with E-state index < -0.39 is 107 Å². The van der Waals surface area contributed by atoms with Crippen molar-refractivity contribution in [3.8, 4) is 0 Å². The first-order valence-electron chi connectivity index (χ1n) is 19.2. The molecule has 0 radical (unpaired) electrons. The number of hydrogen-bond donors (Lipinski definition) is 6. The minimum Gasteiger partial charge on any atom is -0.454 e. The number of aliphatic hydroxyl groups is 1. The molecule has 2 aliphatic heterocycles. The maximum atomic E-state index is 15.0. The number of phosphoric acid groups is 2. The fourth-order valence-electron chi connectivity index (χ4n) is 6.85. The minimum absolute atomic E-state index is 0.0421. The van der Waals surface area contributed by atoms with Gasteiger partial charge in [0.15, 0.2) is 32.1 Å². The van der Waals surface area contributed by atoms with Gasteiger partial charge in [-0.1, -0.05) is 41.5 Å². The average Bonchev–Trinajstić information content (AvgIpc) is 3.83. The van der Waals surface area contributed by atoms with E-state index in [0.29, 0.717) is 0 Å². The van der Waals surface area contributed by atoms with Crippen LogP contribution in [0.5, 0.6) is 0 Å². The molecule has 3 aromatic rings. The number of phosphoric ester groups is 2. The molecule has 62 heavy (non-hydrogen) atoms. The van der Waals surface area contributed by atoms with Crippen LogP contribution in [-0.4, -0.2) is 130 Å². The summed E-state index contributed by atoms with van der Waals surface area (Å²) in [4.78, 5) is 71.8. The molecule has 0 aliphatic carbocycles. The topological polar surface area (TPSA) is 327 Å². The lowest BCUT2D eigenvalue weighted by Crippen LogP contribution is -2.61. The van der Waals surface area contributed by atoms with Crippen molar-refractivity contribution in [2.75, 3.05) is 37.2 Å². The van der Waals surface area contributed by atoms with Crippen molar-refractivity contribution in [3.05, 3.63) is 35.4 Å². The molecule has 2 fully saturated rings. The molecule has 5 heterocycles. The zero-order valence-corrected chi connectivity index (χ0v) is 40.3. The Kier molecular flexibility index (Phi) is 15.3. The van der Waals surface area contributed by atoms with Gasteiger partial charge in [0.25, 0.3) is 0 Å². The second-order valence-corrected chi connectivity index (χ2v) is 26.7. The van der Waals surface area contributed by atoms with E-state index in [2.05, 4.69) is 24.5 Å². The molecule has 0 aromatic carbocycles. The van der Waals surface area contributed by atoms with Crippen LogP contribution in [0.2, 0.25) is 18.1 Å². The number of nitrogens with zero attached hydrogens (tertiary/aromatic N) is 6. The van der Waals surface area contributed by atoms with Crippen molar-refractivity contribution in [2.45, 2.75) is 119 Å². The Morgan fingerprint density at radius 3 is 2.26 bits per heavy atom. The molecule has 28 heteroatoms. The molecular weight excluding hydrogens is 915 g/mol. The Bertz CT molecular complexity index is 2240. The van der Waals surface area contributed by atoms with Crippen LogP contribution in [0.25, 0.3) is 11.2 Å². The van der Waals surface area contributed by atoms with E-state index >= 15 is 0 Å². The van der Waals surface area contributed by atoms with Crippen molar-refractivity contribution in [1.29, 1.82) is 0 Å². The lowest BCUT2D eigenvalue weighted by molar-refractivity contribution is -0.169. The molecule has 3 unspecified atom stereocenters. The van der Waals surface area contributed by atoms with E-state index in [9.17, 15) is 38.5 Å². The number of aliphatic hydroxyl groups excluding tert-OH is 1. The van der Waals surface area contributed by atoms with E-state index in [-0.39, 0.29) is 34.3 Å². The van der Waals surface area contributed by atoms with Crippen LogP contribution >= 0.6 is 39.2 Å². The highest BCUT2D eigenvalue weighted by Gasteiger charge is 2.59. The number of fused-ring (bicyclic) bond motifs is 1. The maximum absolute atomic E-state index is 15.0. The number of nitrogens with two attached hydrogens (primary N) is 2. The summed E-state index contributed by atoms with van der Waals surface area (Å²) in [6, 6.07) is 1.30. The monoisotopic (exact) mass is 970 g/mol. The predicted molar refractivity (Wildman–Crippen MR) is 231 cm³/mol. The first kappa shape index (κ1) is 50.5. The van der Waals surface area contributed by atoms with Gasteiger partial charge in [-0.25, -0.2) is 33.7 Å². The molecule has 10 atom stereocenters. The predicted octanol–water partition coefficient (Wildman–Crippen LogP) is 3.18. The fraction of sp³-hybridized carbons (Fsp3) is 0.706. The average molecular weight is 971 g/mol. The molecule has 0 bridgehead atoms. The number of carbonyl (C=O) groups is 1. The van der Waals surface area contributed by atoms with Crippen molar-refractivity contribution in [2.24, 2.45) is 5.41 Å². The largest absolute Gasteiger partial charge is 0.472 e. The SMILES string of the molecule is CSC(C(C)(C)C)C(O[Si](C)(C)C(C)(C)C)(SC)C(=O)O[C@H]1[C@@H](O)[C@H](n2cnc3c(N)ncnc32)O[C@@H]1COP(=O)(O)O[C@H]1C[C@H](n2ccc(N)nc2=O)O[C@@H]1COP(=O)(O)O. The number of thioether (sulfide) groups is 2. The van der Waals surface area contributed by atoms with E-state index in [1.807, 2.05) is 60.9 Å². The Balaban J connectivity index is 1.47. The highest BCUT2D eigenvalue weighted by molar-refractivity contribution is 8.04. The number of imidazole rings is 1. The summed E-state index contributed by atoms with van der Waals surface area (Å²) in [6.07, 6.45) is -3.12. The van der Waals surface area contributed by atoms with Crippen molar-refractivity contribution in [3.63, 3.8) is 0 Å². The van der Waals surface area contributed by atoms with E-state index in [0.717, 1.165) is 4.57 Å². The first-order chi connectivity index (χ1) is 28.5. The summed E-state index contributed by atoms with van der Waals surface area (Å²) < 4.78 is 68.5. The van der Waals surface area contributed by atoms with Gasteiger partial charge in [-0.3, -0.25) is 22.7 Å². The van der Waals surface area contributed by atoms with Gasteiger partial charge in [0.2, 0.25) is 4.93 Å². The molecule has 3 aromatic heterocycles. The molecule has 0 amide bonds. The number of ether oxygens (including phenoxy) is 3. The van der Waals surface area contributed by atoms with Gasteiger partial charge in [0, 0.05) is 12.6 Å². The Labute approximate surface area is 367 Å². The smallest absolute Gasteiger partial charge is 0.454 e. The summed E-state index contributed by atoms with van der Waals surface area (Å²) in [7, 11) is -13.0. The quantitative estimate of drug-likeness (QED) is 0.0490. The van der Waals surface area contributed by atoms with Crippen LogP contribution in [0.4, 0.5) is 11.6 Å². The normalized spacial score (nSPS) is 26.3. The molecule has 0 spiro atoms. The van der Waals surface area contributed by atoms with E-state index in [1.165, 1.54) is 53.0 Å². The van der Waals surface area contributed by atoms with Crippen LogP contribution in [0.15, 0.2) is 29.7 Å². The van der Waals surface area contributed by atoms with Crippen LogP contribution in [0.3, 0.4) is 0 Å². The summed E-state index contributed by atoms with van der Waals surface area (Å²) in [5.41, 5.74) is 10.6. The van der Waals surface area contributed by atoms with Crippen LogP contribution in [-0.2, 0) is 46.1 Å². The molecule has 8 N–H and O–H groups in total. The van der Waals surface area contributed by atoms with Gasteiger partial charge in [-0.15, -0.1) is 11.8 Å². The Morgan fingerprint density at radius 2 is 1.68 bits per heavy atom. The third kappa shape index (κ3) is 11.1. The first-order valence-corrected chi connectivity index (χ1v) is 27.6. The van der Waals surface area contributed by atoms with Crippen molar-refractivity contribution >= 4 is 76.3 Å². The van der Waals surface area contributed by atoms with Gasteiger partial charge < -0.3 is 49.9 Å². The standard InChI is InChI=1S/C34H56N8O15P2S2Si/c1-32(2,3)29(60-7)34(61-8,57-62(9,10)33(4,5)6)30(44)55-25-20(54-28(24(25)43)42-17-39-23-26(36)37-16-38-27(23)42)15-52-59(49,50)56-18-13-22(41-12-11-21(35)40-31(41)45)53-19(18)14-51-58(46,47)48/h11-12,16-20,22,24-25,28-29,43H,13-15H2,1-10H3,(H,49,50)(H2,35,40,45)(H2,36,37,38)(H2,46,47,48)/t18-,19+,20+,22+,24+,25+,28+,29?,34?/m0/s1. The highest BCUT2D eigenvalue weighted by atomic mass is 32.2. The summed E-state index contributed by atoms with van der Waals surface area (Å²) in [5.74, 6) is -0.876. The molecular formula is C34H56N8O15P2S2Si. The van der Waals surface area contributed by atoms with Gasteiger partial charge in [0.05, 0.1) is 24.8 Å². The van der Waals surface area contributed by atoms with Crippen LogP contribution < -0.4 is 17.2 Å². The number of hydrogen-bond acceptors (Lipinski definition) is 20. The number of esters is 1. The number of anilines is 2. The van der Waals surface area contributed by atoms with Gasteiger partial charge in [0.1, 0.15) is 48.3 Å². The third-order valence-electron chi connectivity index (χ3n) is 10.8. The second kappa shape index (κ2) is 18.8. The van der Waals surface area contributed by atoms with Crippen LogP contribution in [0.1, 0.15) is 60.4 Å². The molecule has 348 valence electrons. The van der Waals surface area contributed by atoms with Gasteiger partial charge >= 0.3 is 27.3 Å². The van der Waals surface area contributed by atoms with Crippen molar-refractivity contribution < 1.29 is 65.9 Å². The second-order valence-electron chi connectivity index (χ2n) is 17.3. The Morgan fingerprint density at radius 1 is 1.02 bits per heavy atom. The highest BCUT2D eigenvalue weighted by Crippen LogP contribution is 2.52. The molecule has 0 saturated carbocycles. The summed E-state index contributed by atoms with van der Waals surface area (Å²) >= 11 is 2.59. The zero-order chi connectivity index (χ0) is 46.4. The summed E-state index contributed by atoms with van der Waals surface area (Å²) in [5, 5.41) is 11.2. The minimum atomic E-state index is -5.20. The zero-order valence-electron chi connectivity index (χ0n) is 35.9. The van der Waals surface area contributed by atoms with Gasteiger partial charge in [-0.2, -0.15) is 16.7 Å². The molecule has 5 rings (SSSR count). The molecule has 23 nitrogen and oxygen atoms in total. The van der Waals surface area contributed by atoms with Gasteiger partial charge in [-0.05, 0) is 42.1 Å². The van der Waals surface area contributed by atoms with E-state index in [1.54, 1.807) is 6.26 Å². The number of nitrogen functional groups attached to an aromatic ring is 2.